The molecule has 1 atom stereocenters. The molecule has 2 heterocycles. The molecule has 112 valence electrons. The minimum absolute atomic E-state index is 0.0160. The molecular weight excluding hydrogens is 254 g/mol. The van der Waals surface area contributed by atoms with E-state index in [1.165, 1.54) is 0 Å². The lowest BCUT2D eigenvalue weighted by Crippen LogP contribution is -2.43. The molecule has 0 aliphatic carbocycles. The number of ether oxygens (including phenoxy) is 2. The second kappa shape index (κ2) is 6.39. The zero-order chi connectivity index (χ0) is 14.6. The van der Waals surface area contributed by atoms with Gasteiger partial charge in [-0.2, -0.15) is 4.98 Å². The second-order valence-corrected chi connectivity index (χ2v) is 5.42. The summed E-state index contributed by atoms with van der Waals surface area (Å²) >= 11 is 0. The van der Waals surface area contributed by atoms with E-state index in [4.69, 9.17) is 9.47 Å². The summed E-state index contributed by atoms with van der Waals surface area (Å²) in [6.45, 7) is 7.08. The average molecular weight is 279 g/mol. The molecule has 5 heteroatoms. The van der Waals surface area contributed by atoms with Gasteiger partial charge in [0.25, 0.3) is 0 Å². The summed E-state index contributed by atoms with van der Waals surface area (Å²) in [7, 11) is 1.62. The van der Waals surface area contributed by atoms with Crippen LogP contribution in [0.15, 0.2) is 6.07 Å². The highest BCUT2D eigenvalue weighted by molar-refractivity contribution is 5.39. The van der Waals surface area contributed by atoms with Crippen molar-refractivity contribution in [3.8, 4) is 5.88 Å². The normalized spacial score (nSPS) is 21.5. The Kier molecular flexibility index (Phi) is 4.81. The van der Waals surface area contributed by atoms with Crippen molar-refractivity contribution in [3.63, 3.8) is 0 Å². The van der Waals surface area contributed by atoms with Crippen molar-refractivity contribution in [2.24, 2.45) is 0 Å². The van der Waals surface area contributed by atoms with Crippen LogP contribution in [0.3, 0.4) is 0 Å². The van der Waals surface area contributed by atoms with Crippen LogP contribution in [0.4, 0.5) is 5.82 Å². The van der Waals surface area contributed by atoms with Crippen LogP contribution >= 0.6 is 0 Å². The maximum absolute atomic E-state index is 6.00. The molecule has 0 saturated carbocycles. The Balaban J connectivity index is 2.08. The number of nitrogens with one attached hydrogen (secondary N) is 1. The quantitative estimate of drug-likeness (QED) is 0.898. The average Bonchev–Trinajstić information content (AvgIpc) is 2.46. The third kappa shape index (κ3) is 3.39. The number of nitrogens with zero attached hydrogens (tertiary/aromatic N) is 2. The Morgan fingerprint density at radius 3 is 2.80 bits per heavy atom. The number of hydrogen-bond acceptors (Lipinski definition) is 5. The van der Waals surface area contributed by atoms with Crippen LogP contribution in [0.1, 0.15) is 45.4 Å². The van der Waals surface area contributed by atoms with Gasteiger partial charge in [0.05, 0.1) is 12.7 Å². The second-order valence-electron chi connectivity index (χ2n) is 5.42. The molecule has 1 unspecified atom stereocenters. The van der Waals surface area contributed by atoms with Gasteiger partial charge in [-0.15, -0.1) is 0 Å². The minimum Gasteiger partial charge on any atom is -0.481 e. The van der Waals surface area contributed by atoms with Crippen molar-refractivity contribution in [3.05, 3.63) is 11.9 Å². The van der Waals surface area contributed by atoms with Crippen molar-refractivity contribution in [1.82, 2.24) is 9.97 Å². The standard InChI is InChI=1S/C15H25N3O2/c1-5-15(6-2)10-12(7-8-20-15)18-13-9-14(19-4)17-11(3)16-13/h9,12H,5-8,10H2,1-4H3,(H,16,17,18). The van der Waals surface area contributed by atoms with Crippen LogP contribution < -0.4 is 10.1 Å². The highest BCUT2D eigenvalue weighted by atomic mass is 16.5. The van der Waals surface area contributed by atoms with E-state index in [-0.39, 0.29) is 5.60 Å². The zero-order valence-electron chi connectivity index (χ0n) is 12.9. The minimum atomic E-state index is 0.0160. The molecule has 1 aromatic heterocycles. The van der Waals surface area contributed by atoms with E-state index in [1.54, 1.807) is 7.11 Å². The molecule has 0 radical (unpaired) electrons. The largest absolute Gasteiger partial charge is 0.481 e. The van der Waals surface area contributed by atoms with Gasteiger partial charge in [0, 0.05) is 18.7 Å². The Morgan fingerprint density at radius 2 is 2.15 bits per heavy atom. The lowest BCUT2D eigenvalue weighted by molar-refractivity contribution is -0.0864. The Hall–Kier alpha value is -1.36. The van der Waals surface area contributed by atoms with E-state index in [9.17, 15) is 0 Å². The summed E-state index contributed by atoms with van der Waals surface area (Å²) in [5, 5.41) is 3.51. The van der Waals surface area contributed by atoms with Crippen LogP contribution in [0, 0.1) is 6.92 Å². The predicted octanol–water partition coefficient (Wildman–Crippen LogP) is 2.94. The third-order valence-corrected chi connectivity index (χ3v) is 4.16. The number of methoxy groups -OCH3 is 1. The SMILES string of the molecule is CCC1(CC)CC(Nc2cc(OC)nc(C)n2)CCO1. The van der Waals surface area contributed by atoms with Gasteiger partial charge in [-0.25, -0.2) is 4.98 Å². The molecule has 5 nitrogen and oxygen atoms in total. The van der Waals surface area contributed by atoms with Crippen molar-refractivity contribution < 1.29 is 9.47 Å². The summed E-state index contributed by atoms with van der Waals surface area (Å²) < 4.78 is 11.2. The van der Waals surface area contributed by atoms with E-state index in [0.29, 0.717) is 11.9 Å². The van der Waals surface area contributed by atoms with Gasteiger partial charge in [0.1, 0.15) is 11.6 Å². The summed E-state index contributed by atoms with van der Waals surface area (Å²) in [4.78, 5) is 8.64. The van der Waals surface area contributed by atoms with Gasteiger partial charge in [-0.1, -0.05) is 13.8 Å². The first-order chi connectivity index (χ1) is 9.60. The molecule has 20 heavy (non-hydrogen) atoms. The van der Waals surface area contributed by atoms with Crippen molar-refractivity contribution >= 4 is 5.82 Å². The van der Waals surface area contributed by atoms with Gasteiger partial charge in [-0.05, 0) is 32.6 Å². The Morgan fingerprint density at radius 1 is 1.40 bits per heavy atom. The highest BCUT2D eigenvalue weighted by Gasteiger charge is 2.34. The molecule has 2 rings (SSSR count). The smallest absolute Gasteiger partial charge is 0.218 e. The van der Waals surface area contributed by atoms with E-state index in [1.807, 2.05) is 13.0 Å². The molecule has 0 aromatic carbocycles. The summed E-state index contributed by atoms with van der Waals surface area (Å²) in [5.41, 5.74) is 0.0160. The maximum Gasteiger partial charge on any atom is 0.218 e. The van der Waals surface area contributed by atoms with Gasteiger partial charge in [0.2, 0.25) is 5.88 Å². The highest BCUT2D eigenvalue weighted by Crippen LogP contribution is 2.32. The third-order valence-electron chi connectivity index (χ3n) is 4.16. The Bertz CT molecular complexity index is 447. The Labute approximate surface area is 121 Å². The summed E-state index contributed by atoms with van der Waals surface area (Å²) in [5.74, 6) is 2.16. The molecule has 1 saturated heterocycles. The molecule has 1 fully saturated rings. The maximum atomic E-state index is 6.00. The molecule has 1 aromatic rings. The lowest BCUT2D eigenvalue weighted by Gasteiger charge is -2.40. The van der Waals surface area contributed by atoms with E-state index in [0.717, 1.165) is 43.9 Å². The fourth-order valence-electron chi connectivity index (χ4n) is 2.82. The van der Waals surface area contributed by atoms with Gasteiger partial charge < -0.3 is 14.8 Å². The fraction of sp³-hybridized carbons (Fsp3) is 0.733. The molecule has 0 bridgehead atoms. The van der Waals surface area contributed by atoms with Crippen LogP contribution in [-0.2, 0) is 4.74 Å². The zero-order valence-corrected chi connectivity index (χ0v) is 12.9. The molecular formula is C15H25N3O2. The first-order valence-corrected chi connectivity index (χ1v) is 7.41. The van der Waals surface area contributed by atoms with Crippen LogP contribution in [0.5, 0.6) is 5.88 Å². The molecule has 0 spiro atoms. The van der Waals surface area contributed by atoms with Crippen LogP contribution in [0.25, 0.3) is 0 Å². The topological polar surface area (TPSA) is 56.3 Å². The van der Waals surface area contributed by atoms with E-state index in [2.05, 4.69) is 29.1 Å². The first kappa shape index (κ1) is 15.0. The molecule has 1 N–H and O–H groups in total. The number of rotatable bonds is 5. The lowest BCUT2D eigenvalue weighted by atomic mass is 9.86. The van der Waals surface area contributed by atoms with Crippen molar-refractivity contribution in [2.45, 2.75) is 58.1 Å². The van der Waals surface area contributed by atoms with E-state index < -0.39 is 0 Å². The number of anilines is 1. The summed E-state index contributed by atoms with van der Waals surface area (Å²) in [6.07, 6.45) is 4.13. The number of aryl methyl sites for hydroxylation is 1. The van der Waals surface area contributed by atoms with Gasteiger partial charge >= 0.3 is 0 Å². The molecule has 1 aliphatic heterocycles. The fourth-order valence-corrected chi connectivity index (χ4v) is 2.82. The number of hydrogen-bond donors (Lipinski definition) is 1. The van der Waals surface area contributed by atoms with Gasteiger partial charge in [0.15, 0.2) is 0 Å². The van der Waals surface area contributed by atoms with Crippen LogP contribution in [0.2, 0.25) is 0 Å². The predicted molar refractivity (Wildman–Crippen MR) is 79.2 cm³/mol. The monoisotopic (exact) mass is 279 g/mol. The van der Waals surface area contributed by atoms with Crippen LogP contribution in [-0.4, -0.2) is 35.3 Å². The van der Waals surface area contributed by atoms with Gasteiger partial charge in [-0.3, -0.25) is 0 Å². The molecule has 1 aliphatic rings. The number of aromatic nitrogens is 2. The van der Waals surface area contributed by atoms with Crippen molar-refractivity contribution in [1.29, 1.82) is 0 Å². The van der Waals surface area contributed by atoms with E-state index >= 15 is 0 Å². The first-order valence-electron chi connectivity index (χ1n) is 7.41. The van der Waals surface area contributed by atoms with Crippen molar-refractivity contribution in [2.75, 3.05) is 19.0 Å². The summed E-state index contributed by atoms with van der Waals surface area (Å²) in [6, 6.07) is 2.24. The molecule has 0 amide bonds.